The molecule has 0 rings (SSSR count). The van der Waals surface area contributed by atoms with Crippen LogP contribution in [0, 0.1) is 11.8 Å². The summed E-state index contributed by atoms with van der Waals surface area (Å²) in [4.78, 5) is 29.2. The Balaban J connectivity index is 3.68. The van der Waals surface area contributed by atoms with Crippen LogP contribution in [0.15, 0.2) is 23.3 Å². The molecule has 0 saturated heterocycles. The molecule has 0 aromatic rings. The van der Waals surface area contributed by atoms with E-state index in [1.807, 2.05) is 0 Å². The van der Waals surface area contributed by atoms with Gasteiger partial charge in [-0.15, -0.1) is 0 Å². The van der Waals surface area contributed by atoms with E-state index in [1.165, 1.54) is 153 Å². The number of hydrogen-bond acceptors (Lipinski definition) is 6. The molecule has 0 aliphatic heterocycles. The number of rotatable bonds is 40. The zero-order valence-corrected chi connectivity index (χ0v) is 38.2. The highest BCUT2D eigenvalue weighted by Gasteiger charge is 2.11. The second-order valence-electron chi connectivity index (χ2n) is 17.8. The first-order valence-corrected chi connectivity index (χ1v) is 23.4. The quantitative estimate of drug-likeness (QED) is 0.0351. The number of carbonyl (C=O) groups is 2. The Bertz CT molecular complexity index is 937. The molecular weight excluding hydrogens is 681 g/mol. The number of nitrogens with zero attached hydrogens (tertiary/aromatic N) is 2. The van der Waals surface area contributed by atoms with Crippen molar-refractivity contribution in [2.75, 3.05) is 53.5 Å². The van der Waals surface area contributed by atoms with Gasteiger partial charge in [-0.05, 0) is 118 Å². The molecule has 2 atom stereocenters. The van der Waals surface area contributed by atoms with Gasteiger partial charge in [0.25, 0.3) is 0 Å². The predicted octanol–water partition coefficient (Wildman–Crippen LogP) is 13.7. The average molecular weight is 775 g/mol. The molecule has 324 valence electrons. The van der Waals surface area contributed by atoms with Gasteiger partial charge < -0.3 is 19.3 Å². The van der Waals surface area contributed by atoms with Gasteiger partial charge >= 0.3 is 11.9 Å². The minimum Gasteiger partial charge on any atom is -0.466 e. The molecule has 0 aliphatic carbocycles. The molecule has 0 saturated carbocycles. The zero-order chi connectivity index (χ0) is 40.8. The smallest absolute Gasteiger partial charge is 0.306 e. The maximum atomic E-state index is 12.1. The topological polar surface area (TPSA) is 59.1 Å². The third-order valence-electron chi connectivity index (χ3n) is 10.8. The third-order valence-corrected chi connectivity index (χ3v) is 10.8. The molecule has 6 nitrogen and oxygen atoms in total. The van der Waals surface area contributed by atoms with Crippen LogP contribution in [0.1, 0.15) is 215 Å². The first kappa shape index (κ1) is 53.3. The zero-order valence-electron chi connectivity index (χ0n) is 38.2. The van der Waals surface area contributed by atoms with Crippen molar-refractivity contribution in [1.82, 2.24) is 9.80 Å². The molecule has 0 spiro atoms. The van der Waals surface area contributed by atoms with Gasteiger partial charge in [0.1, 0.15) is 0 Å². The first-order valence-electron chi connectivity index (χ1n) is 23.4. The summed E-state index contributed by atoms with van der Waals surface area (Å²) in [5, 5.41) is 0. The van der Waals surface area contributed by atoms with E-state index >= 15 is 0 Å². The lowest BCUT2D eigenvalue weighted by atomic mass is 10.0. The van der Waals surface area contributed by atoms with E-state index in [1.54, 1.807) is 0 Å². The van der Waals surface area contributed by atoms with Crippen molar-refractivity contribution in [1.29, 1.82) is 0 Å². The van der Waals surface area contributed by atoms with Crippen LogP contribution in [0.2, 0.25) is 0 Å². The largest absolute Gasteiger partial charge is 0.466 e. The van der Waals surface area contributed by atoms with Crippen LogP contribution in [0.3, 0.4) is 0 Å². The van der Waals surface area contributed by atoms with Crippen molar-refractivity contribution >= 4 is 11.9 Å². The first-order chi connectivity index (χ1) is 26.5. The minimum atomic E-state index is -0.0216. The number of carbonyl (C=O) groups excluding carboxylic acids is 2. The van der Waals surface area contributed by atoms with Crippen LogP contribution in [0.5, 0.6) is 0 Å². The van der Waals surface area contributed by atoms with Crippen LogP contribution in [-0.4, -0.2) is 75.2 Å². The highest BCUT2D eigenvalue weighted by Crippen LogP contribution is 2.16. The lowest BCUT2D eigenvalue weighted by Gasteiger charge is -2.24. The van der Waals surface area contributed by atoms with E-state index in [0.29, 0.717) is 37.9 Å². The Morgan fingerprint density at radius 2 is 0.764 bits per heavy atom. The van der Waals surface area contributed by atoms with E-state index in [4.69, 9.17) is 9.47 Å². The molecule has 0 aromatic heterocycles. The Kier molecular flexibility index (Phi) is 38.0. The predicted molar refractivity (Wildman–Crippen MR) is 239 cm³/mol. The van der Waals surface area contributed by atoms with Gasteiger partial charge in [0.15, 0.2) is 0 Å². The summed E-state index contributed by atoms with van der Waals surface area (Å²) in [5.74, 6) is 0.752. The van der Waals surface area contributed by atoms with Crippen molar-refractivity contribution < 1.29 is 19.1 Å². The van der Waals surface area contributed by atoms with Crippen molar-refractivity contribution in [2.24, 2.45) is 11.8 Å². The number of ether oxygens (including phenoxy) is 2. The normalized spacial score (nSPS) is 12.5. The van der Waals surface area contributed by atoms with Gasteiger partial charge in [-0.25, -0.2) is 0 Å². The fourth-order valence-electron chi connectivity index (χ4n) is 7.13. The second kappa shape index (κ2) is 39.2. The summed E-state index contributed by atoms with van der Waals surface area (Å²) in [6, 6.07) is 0. The highest BCUT2D eigenvalue weighted by molar-refractivity contribution is 5.69. The Morgan fingerprint density at radius 1 is 0.455 bits per heavy atom. The molecular formula is C49H94N2O4. The summed E-state index contributed by atoms with van der Waals surface area (Å²) in [5.41, 5.74) is 2.70. The summed E-state index contributed by atoms with van der Waals surface area (Å²) in [6.45, 7) is 18.8. The summed E-state index contributed by atoms with van der Waals surface area (Å²) < 4.78 is 11.0. The van der Waals surface area contributed by atoms with Gasteiger partial charge in [-0.1, -0.05) is 146 Å². The monoisotopic (exact) mass is 775 g/mol. The van der Waals surface area contributed by atoms with Crippen molar-refractivity contribution in [3.05, 3.63) is 23.3 Å². The Hall–Kier alpha value is -1.66. The number of unbranched alkanes of at least 4 members (excludes halogenated alkanes) is 19. The third kappa shape index (κ3) is 41.8. The van der Waals surface area contributed by atoms with Gasteiger partial charge in [0.2, 0.25) is 0 Å². The lowest BCUT2D eigenvalue weighted by molar-refractivity contribution is -0.145. The van der Waals surface area contributed by atoms with Gasteiger partial charge in [-0.3, -0.25) is 9.59 Å². The Morgan fingerprint density at radius 3 is 1.07 bits per heavy atom. The summed E-state index contributed by atoms with van der Waals surface area (Å²) in [7, 11) is 4.38. The lowest BCUT2D eigenvalue weighted by Crippen LogP contribution is -2.33. The van der Waals surface area contributed by atoms with E-state index < -0.39 is 0 Å². The van der Waals surface area contributed by atoms with E-state index in [9.17, 15) is 9.59 Å². The van der Waals surface area contributed by atoms with Crippen LogP contribution >= 0.6 is 0 Å². The van der Waals surface area contributed by atoms with Crippen molar-refractivity contribution in [2.45, 2.75) is 215 Å². The highest BCUT2D eigenvalue weighted by atomic mass is 16.5. The van der Waals surface area contributed by atoms with Gasteiger partial charge in [-0.2, -0.15) is 0 Å². The van der Waals surface area contributed by atoms with Gasteiger partial charge in [0.05, 0.1) is 13.2 Å². The molecule has 0 bridgehead atoms. The molecule has 0 amide bonds. The molecule has 2 unspecified atom stereocenters. The fraction of sp³-hybridized carbons (Fsp3) is 0.878. The summed E-state index contributed by atoms with van der Waals surface area (Å²) in [6.07, 6.45) is 37.0. The van der Waals surface area contributed by atoms with E-state index in [-0.39, 0.29) is 11.9 Å². The van der Waals surface area contributed by atoms with Crippen LogP contribution in [0.4, 0.5) is 0 Å². The maximum absolute atomic E-state index is 12.1. The number of allylic oxidation sites excluding steroid dienone is 4. The molecule has 0 aromatic carbocycles. The Labute approximate surface area is 343 Å². The SMILES string of the molecule is CC(C)=CCCC(C)CC(=O)OCCCCCCCCCCCCCN(CCCCCCCCCCCCOC(=O)CC(C)CCC=C(C)C)CCN(C)C. The van der Waals surface area contributed by atoms with Crippen LogP contribution in [-0.2, 0) is 19.1 Å². The molecule has 55 heavy (non-hydrogen) atoms. The van der Waals surface area contributed by atoms with Crippen LogP contribution in [0.25, 0.3) is 0 Å². The molecule has 0 fully saturated rings. The molecule has 0 heterocycles. The van der Waals surface area contributed by atoms with E-state index in [0.717, 1.165) is 45.1 Å². The summed E-state index contributed by atoms with van der Waals surface area (Å²) >= 11 is 0. The molecule has 6 heteroatoms. The second-order valence-corrected chi connectivity index (χ2v) is 17.8. The van der Waals surface area contributed by atoms with Crippen LogP contribution < -0.4 is 0 Å². The average Bonchev–Trinajstić information content (AvgIpc) is 3.11. The van der Waals surface area contributed by atoms with E-state index in [2.05, 4.69) is 77.6 Å². The number of esters is 2. The molecule has 0 radical (unpaired) electrons. The van der Waals surface area contributed by atoms with Crippen molar-refractivity contribution in [3.63, 3.8) is 0 Å². The maximum Gasteiger partial charge on any atom is 0.306 e. The standard InChI is InChI=1S/C49H94N2O4/c1-44(2)32-30-34-46(5)42-48(52)54-40-28-24-20-16-12-9-10-14-18-22-26-36-51(39-38-50(7)8)37-27-23-19-15-11-13-17-21-25-29-41-55-49(53)43-47(6)35-31-33-45(3)4/h32-33,46-47H,9-31,34-43H2,1-8H3. The fourth-order valence-corrected chi connectivity index (χ4v) is 7.13. The van der Waals surface area contributed by atoms with Crippen molar-refractivity contribution in [3.8, 4) is 0 Å². The number of likely N-dealkylation sites (N-methyl/N-ethyl adjacent to an activating group) is 1. The van der Waals surface area contributed by atoms with Gasteiger partial charge in [0, 0.05) is 25.9 Å². The number of hydrogen-bond donors (Lipinski definition) is 0. The molecule has 0 N–H and O–H groups in total. The molecule has 0 aliphatic rings. The minimum absolute atomic E-state index is 0.0212.